The largest absolute Gasteiger partial charge is 0.377 e. The van der Waals surface area contributed by atoms with Gasteiger partial charge in [-0.15, -0.1) is 0 Å². The molecule has 1 N–H and O–H groups in total. The number of rotatable bonds is 2. The van der Waals surface area contributed by atoms with Crippen molar-refractivity contribution in [2.45, 2.75) is 6.92 Å². The number of hydrogen-bond donors (Lipinski definition) is 1. The Bertz CT molecular complexity index is 504. The molecule has 1 aliphatic rings. The van der Waals surface area contributed by atoms with Gasteiger partial charge in [0.05, 0.1) is 19.3 Å². The molecular formula is C12H11ClN2O2. The lowest BCUT2D eigenvalue weighted by Gasteiger charge is -2.33. The Kier molecular flexibility index (Phi) is 3.05. The summed E-state index contributed by atoms with van der Waals surface area (Å²) in [5.74, 6) is -0.336. The van der Waals surface area contributed by atoms with E-state index in [1.165, 1.54) is 0 Å². The van der Waals surface area contributed by atoms with E-state index in [1.54, 1.807) is 12.1 Å². The highest BCUT2D eigenvalue weighted by molar-refractivity contribution is 6.31. The molecule has 0 unspecified atom stereocenters. The highest BCUT2D eigenvalue weighted by Crippen LogP contribution is 2.29. The molecule has 17 heavy (non-hydrogen) atoms. The van der Waals surface area contributed by atoms with Crippen LogP contribution in [0, 0.1) is 23.7 Å². The molecule has 0 bridgehead atoms. The van der Waals surface area contributed by atoms with Crippen molar-refractivity contribution in [1.29, 1.82) is 5.26 Å². The quantitative estimate of drug-likeness (QED) is 0.875. The van der Waals surface area contributed by atoms with Crippen LogP contribution in [0.25, 0.3) is 0 Å². The zero-order valence-electron chi connectivity index (χ0n) is 9.29. The van der Waals surface area contributed by atoms with Crippen LogP contribution in [0.2, 0.25) is 5.02 Å². The number of carbonyl (C=O) groups excluding carboxylic acids is 1. The van der Waals surface area contributed by atoms with Crippen molar-refractivity contribution in [2.24, 2.45) is 5.41 Å². The van der Waals surface area contributed by atoms with Gasteiger partial charge in [-0.05, 0) is 24.6 Å². The first kappa shape index (κ1) is 11.9. The maximum absolute atomic E-state index is 12.0. The number of halogens is 1. The van der Waals surface area contributed by atoms with Crippen LogP contribution < -0.4 is 5.32 Å². The van der Waals surface area contributed by atoms with E-state index in [0.29, 0.717) is 10.7 Å². The van der Waals surface area contributed by atoms with Crippen molar-refractivity contribution >= 4 is 23.2 Å². The monoisotopic (exact) mass is 250 g/mol. The predicted octanol–water partition coefficient (Wildman–Crippen LogP) is 2.13. The van der Waals surface area contributed by atoms with E-state index in [4.69, 9.17) is 21.6 Å². The van der Waals surface area contributed by atoms with Gasteiger partial charge in [-0.3, -0.25) is 4.79 Å². The Labute approximate surface area is 104 Å². The highest BCUT2D eigenvalue weighted by Gasteiger charge is 2.46. The van der Waals surface area contributed by atoms with Gasteiger partial charge < -0.3 is 10.1 Å². The average Bonchev–Trinajstić information content (AvgIpc) is 2.23. The van der Waals surface area contributed by atoms with Gasteiger partial charge in [0.25, 0.3) is 0 Å². The molecule has 1 aliphatic heterocycles. The molecule has 88 valence electrons. The van der Waals surface area contributed by atoms with Crippen LogP contribution in [0.1, 0.15) is 5.56 Å². The number of hydrogen-bond acceptors (Lipinski definition) is 3. The van der Waals surface area contributed by atoms with Crippen LogP contribution in [0.4, 0.5) is 5.69 Å². The standard InChI is InChI=1S/C12H11ClN2O2/c1-8-2-3-9(13)4-10(8)15-11(16)12(5-14)6-17-7-12/h2-4H,6-7H2,1H3,(H,15,16). The van der Waals surface area contributed by atoms with E-state index in [1.807, 2.05) is 19.1 Å². The minimum Gasteiger partial charge on any atom is -0.377 e. The van der Waals surface area contributed by atoms with Crippen LogP contribution in [0.3, 0.4) is 0 Å². The Hall–Kier alpha value is -1.57. The number of carbonyl (C=O) groups is 1. The van der Waals surface area contributed by atoms with Crippen molar-refractivity contribution < 1.29 is 9.53 Å². The summed E-state index contributed by atoms with van der Waals surface area (Å²) in [4.78, 5) is 12.0. The third kappa shape index (κ3) is 2.12. The molecule has 0 aliphatic carbocycles. The summed E-state index contributed by atoms with van der Waals surface area (Å²) in [7, 11) is 0. The first-order valence-corrected chi connectivity index (χ1v) is 5.52. The van der Waals surface area contributed by atoms with Crippen molar-refractivity contribution in [1.82, 2.24) is 0 Å². The normalized spacial score (nSPS) is 16.8. The summed E-state index contributed by atoms with van der Waals surface area (Å²) in [6.45, 7) is 2.16. The third-order valence-electron chi connectivity index (χ3n) is 2.79. The number of anilines is 1. The smallest absolute Gasteiger partial charge is 0.249 e. The number of ether oxygens (including phenoxy) is 1. The second-order valence-electron chi connectivity index (χ2n) is 4.10. The Morgan fingerprint density at radius 1 is 1.59 bits per heavy atom. The van der Waals surface area contributed by atoms with Gasteiger partial charge in [-0.1, -0.05) is 17.7 Å². The lowest BCUT2D eigenvalue weighted by Crippen LogP contribution is -2.50. The molecule has 4 nitrogen and oxygen atoms in total. The van der Waals surface area contributed by atoms with Crippen LogP contribution in [-0.4, -0.2) is 19.1 Å². The van der Waals surface area contributed by atoms with Gasteiger partial charge >= 0.3 is 0 Å². The molecule has 1 aromatic carbocycles. The van der Waals surface area contributed by atoms with Gasteiger partial charge in [-0.2, -0.15) is 5.26 Å². The molecule has 1 aromatic rings. The van der Waals surface area contributed by atoms with Gasteiger partial charge in [0, 0.05) is 10.7 Å². The van der Waals surface area contributed by atoms with Crippen LogP contribution >= 0.6 is 11.6 Å². The first-order chi connectivity index (χ1) is 8.07. The third-order valence-corrected chi connectivity index (χ3v) is 3.03. The Morgan fingerprint density at radius 3 is 2.82 bits per heavy atom. The summed E-state index contributed by atoms with van der Waals surface area (Å²) in [5, 5.41) is 12.3. The SMILES string of the molecule is Cc1ccc(Cl)cc1NC(=O)C1(C#N)COC1. The van der Waals surface area contributed by atoms with Crippen LogP contribution in [-0.2, 0) is 9.53 Å². The fourth-order valence-electron chi connectivity index (χ4n) is 1.52. The number of nitrogens with zero attached hydrogens (tertiary/aromatic N) is 1. The lowest BCUT2D eigenvalue weighted by molar-refractivity contribution is -0.144. The fraction of sp³-hybridized carbons (Fsp3) is 0.333. The molecule has 1 saturated heterocycles. The zero-order chi connectivity index (χ0) is 12.5. The predicted molar refractivity (Wildman–Crippen MR) is 63.7 cm³/mol. The zero-order valence-corrected chi connectivity index (χ0v) is 10.0. The number of amides is 1. The molecule has 1 fully saturated rings. The molecule has 0 saturated carbocycles. The van der Waals surface area contributed by atoms with Crippen molar-refractivity contribution in [2.75, 3.05) is 18.5 Å². The lowest BCUT2D eigenvalue weighted by atomic mass is 9.86. The number of nitriles is 1. The van der Waals surface area contributed by atoms with Crippen molar-refractivity contribution in [3.05, 3.63) is 28.8 Å². The molecule has 2 rings (SSSR count). The second-order valence-corrected chi connectivity index (χ2v) is 4.54. The van der Waals surface area contributed by atoms with E-state index < -0.39 is 5.41 Å². The van der Waals surface area contributed by atoms with E-state index in [2.05, 4.69) is 5.32 Å². The number of nitrogens with one attached hydrogen (secondary N) is 1. The molecule has 1 amide bonds. The number of aryl methyl sites for hydroxylation is 1. The minimum atomic E-state index is -1.05. The average molecular weight is 251 g/mol. The molecule has 0 aromatic heterocycles. The van der Waals surface area contributed by atoms with Gasteiger partial charge in [0.1, 0.15) is 0 Å². The van der Waals surface area contributed by atoms with E-state index in [-0.39, 0.29) is 19.1 Å². The second kappa shape index (κ2) is 4.36. The fourth-order valence-corrected chi connectivity index (χ4v) is 1.70. The maximum atomic E-state index is 12.0. The topological polar surface area (TPSA) is 62.1 Å². The van der Waals surface area contributed by atoms with Crippen molar-refractivity contribution in [3.8, 4) is 6.07 Å². The van der Waals surface area contributed by atoms with Gasteiger partial charge in [-0.25, -0.2) is 0 Å². The van der Waals surface area contributed by atoms with Gasteiger partial charge in [0.15, 0.2) is 5.41 Å². The molecular weight excluding hydrogens is 240 g/mol. The maximum Gasteiger partial charge on any atom is 0.249 e. The summed E-state index contributed by atoms with van der Waals surface area (Å²) in [5.41, 5.74) is 0.481. The summed E-state index contributed by atoms with van der Waals surface area (Å²) < 4.78 is 4.93. The van der Waals surface area contributed by atoms with E-state index >= 15 is 0 Å². The number of benzene rings is 1. The van der Waals surface area contributed by atoms with E-state index in [9.17, 15) is 4.79 Å². The van der Waals surface area contributed by atoms with Gasteiger partial charge in [0.2, 0.25) is 5.91 Å². The molecule has 0 radical (unpaired) electrons. The molecule has 1 heterocycles. The first-order valence-electron chi connectivity index (χ1n) is 5.14. The molecule has 0 atom stereocenters. The molecule has 0 spiro atoms. The summed E-state index contributed by atoms with van der Waals surface area (Å²) in [6, 6.07) is 7.23. The minimum absolute atomic E-state index is 0.148. The highest BCUT2D eigenvalue weighted by atomic mass is 35.5. The summed E-state index contributed by atoms with van der Waals surface area (Å²) in [6.07, 6.45) is 0. The molecule has 5 heteroatoms. The van der Waals surface area contributed by atoms with Crippen LogP contribution in [0.15, 0.2) is 18.2 Å². The van der Waals surface area contributed by atoms with E-state index in [0.717, 1.165) is 5.56 Å². The Balaban J connectivity index is 2.19. The Morgan fingerprint density at radius 2 is 2.29 bits per heavy atom. The van der Waals surface area contributed by atoms with Crippen molar-refractivity contribution in [3.63, 3.8) is 0 Å². The summed E-state index contributed by atoms with van der Waals surface area (Å²) >= 11 is 5.86. The van der Waals surface area contributed by atoms with Crippen LogP contribution in [0.5, 0.6) is 0 Å².